The van der Waals surface area contributed by atoms with E-state index in [1.807, 2.05) is 0 Å². The van der Waals surface area contributed by atoms with Gasteiger partial charge in [0.15, 0.2) is 6.10 Å². The highest BCUT2D eigenvalue weighted by Gasteiger charge is 2.31. The number of amides is 1. The van der Waals surface area contributed by atoms with Gasteiger partial charge in [0.05, 0.1) is 5.69 Å². The van der Waals surface area contributed by atoms with Gasteiger partial charge in [0.2, 0.25) is 5.88 Å². The first-order valence-corrected chi connectivity index (χ1v) is 8.80. The largest absolute Gasteiger partial charge is 0.573 e. The van der Waals surface area contributed by atoms with E-state index in [-0.39, 0.29) is 11.6 Å². The molecule has 0 saturated heterocycles. The molecule has 11 heteroatoms. The average Bonchev–Trinajstić information content (AvgIpc) is 2.70. The fourth-order valence-corrected chi connectivity index (χ4v) is 2.44. The van der Waals surface area contributed by atoms with E-state index in [1.165, 1.54) is 43.3 Å². The Labute approximate surface area is 172 Å². The average molecular weight is 437 g/mol. The van der Waals surface area contributed by atoms with Crippen molar-refractivity contribution >= 4 is 11.6 Å². The summed E-state index contributed by atoms with van der Waals surface area (Å²) in [5, 5.41) is 6.48. The highest BCUT2D eigenvalue weighted by molar-refractivity contribution is 5.94. The van der Waals surface area contributed by atoms with Gasteiger partial charge in [-0.1, -0.05) is 0 Å². The van der Waals surface area contributed by atoms with Gasteiger partial charge in [0, 0.05) is 17.8 Å². The lowest BCUT2D eigenvalue weighted by Gasteiger charge is -2.15. The number of halogens is 4. The number of nitrogens with zero attached hydrogens (tertiary/aromatic N) is 2. The number of aromatic nitrogens is 2. The molecule has 2 aromatic carbocycles. The molecule has 0 spiro atoms. The van der Waals surface area contributed by atoms with E-state index in [9.17, 15) is 27.2 Å². The summed E-state index contributed by atoms with van der Waals surface area (Å²) >= 11 is 0. The zero-order valence-electron chi connectivity index (χ0n) is 15.9. The summed E-state index contributed by atoms with van der Waals surface area (Å²) in [6.45, 7) is 1.42. The van der Waals surface area contributed by atoms with Crippen LogP contribution in [0, 0.1) is 5.82 Å². The van der Waals surface area contributed by atoms with Gasteiger partial charge in [-0.2, -0.15) is 4.68 Å². The van der Waals surface area contributed by atoms with Gasteiger partial charge in [-0.15, -0.1) is 18.3 Å². The maximum absolute atomic E-state index is 13.1. The lowest BCUT2D eigenvalue weighted by molar-refractivity contribution is -0.274. The fraction of sp³-hybridized carbons (Fsp3) is 0.150. The first kappa shape index (κ1) is 21.8. The summed E-state index contributed by atoms with van der Waals surface area (Å²) in [6, 6.07) is 12.1. The molecule has 1 atom stereocenters. The molecule has 1 aromatic heterocycles. The van der Waals surface area contributed by atoms with Gasteiger partial charge >= 0.3 is 6.36 Å². The number of benzene rings is 2. The Balaban J connectivity index is 1.66. The van der Waals surface area contributed by atoms with Crippen LogP contribution in [0.1, 0.15) is 6.92 Å². The van der Waals surface area contributed by atoms with Crippen LogP contribution in [0.3, 0.4) is 0 Å². The number of ether oxygens (including phenoxy) is 2. The first-order valence-electron chi connectivity index (χ1n) is 8.80. The van der Waals surface area contributed by atoms with Crippen molar-refractivity contribution in [2.24, 2.45) is 0 Å². The molecule has 0 radical (unpaired) electrons. The smallest absolute Gasteiger partial charge is 0.463 e. The molecule has 0 aliphatic carbocycles. The first-order chi connectivity index (χ1) is 14.6. The van der Waals surface area contributed by atoms with Crippen molar-refractivity contribution in [1.82, 2.24) is 9.78 Å². The standard InChI is InChI=1S/C20H15F4N3O4/c1-12(19(29)25-14-4-8-16(9-5-14)31-20(22,23)24)30-17-10-11-18(28)27(26-17)15-6-2-13(21)3-7-15/h2-12H,1H3,(H,25,29)/t12-/m0/s1. The van der Waals surface area contributed by atoms with Crippen LogP contribution in [0.2, 0.25) is 0 Å². The SMILES string of the molecule is C[C@H](Oc1ccc(=O)n(-c2ccc(F)cc2)n1)C(=O)Nc1ccc(OC(F)(F)F)cc1. The molecule has 0 aliphatic rings. The van der Waals surface area contributed by atoms with E-state index in [0.717, 1.165) is 28.9 Å². The lowest BCUT2D eigenvalue weighted by atomic mass is 10.3. The van der Waals surface area contributed by atoms with Crippen LogP contribution in [0.5, 0.6) is 11.6 Å². The zero-order chi connectivity index (χ0) is 22.6. The number of hydrogen-bond acceptors (Lipinski definition) is 5. The van der Waals surface area contributed by atoms with Crippen LogP contribution < -0.4 is 20.3 Å². The van der Waals surface area contributed by atoms with Crippen LogP contribution in [0.4, 0.5) is 23.2 Å². The number of carbonyl (C=O) groups excluding carboxylic acids is 1. The van der Waals surface area contributed by atoms with E-state index >= 15 is 0 Å². The molecule has 0 bridgehead atoms. The van der Waals surface area contributed by atoms with Crippen molar-refractivity contribution < 1.29 is 31.8 Å². The fourth-order valence-electron chi connectivity index (χ4n) is 2.44. The molecule has 0 fully saturated rings. The Kier molecular flexibility index (Phi) is 6.23. The van der Waals surface area contributed by atoms with Crippen molar-refractivity contribution in [3.05, 3.63) is 76.8 Å². The number of rotatable bonds is 6. The highest BCUT2D eigenvalue weighted by Crippen LogP contribution is 2.24. The highest BCUT2D eigenvalue weighted by atomic mass is 19.4. The lowest BCUT2D eigenvalue weighted by Crippen LogP contribution is -2.31. The molecule has 1 heterocycles. The summed E-state index contributed by atoms with van der Waals surface area (Å²) < 4.78 is 59.8. The predicted octanol–water partition coefficient (Wildman–Crippen LogP) is 3.68. The van der Waals surface area contributed by atoms with E-state index < -0.39 is 35.5 Å². The Morgan fingerprint density at radius 1 is 1.03 bits per heavy atom. The van der Waals surface area contributed by atoms with Crippen LogP contribution in [0.15, 0.2) is 65.5 Å². The molecule has 0 unspecified atom stereocenters. The molecular formula is C20H15F4N3O4. The summed E-state index contributed by atoms with van der Waals surface area (Å²) in [5.74, 6) is -1.55. The van der Waals surface area contributed by atoms with Gasteiger partial charge in [0.25, 0.3) is 11.5 Å². The van der Waals surface area contributed by atoms with Crippen LogP contribution in [-0.4, -0.2) is 28.2 Å². The molecule has 0 aliphatic heterocycles. The topological polar surface area (TPSA) is 82.5 Å². The van der Waals surface area contributed by atoms with E-state index in [4.69, 9.17) is 4.74 Å². The van der Waals surface area contributed by atoms with E-state index in [2.05, 4.69) is 15.2 Å². The third kappa shape index (κ3) is 6.04. The third-order valence-electron chi connectivity index (χ3n) is 3.87. The van der Waals surface area contributed by atoms with Crippen molar-refractivity contribution in [2.45, 2.75) is 19.4 Å². The molecule has 0 saturated carbocycles. The quantitative estimate of drug-likeness (QED) is 0.595. The third-order valence-corrected chi connectivity index (χ3v) is 3.87. The number of alkyl halides is 3. The molecule has 1 N–H and O–H groups in total. The van der Waals surface area contributed by atoms with E-state index in [1.54, 1.807) is 0 Å². The molecule has 3 rings (SSSR count). The van der Waals surface area contributed by atoms with Crippen LogP contribution in [-0.2, 0) is 4.79 Å². The van der Waals surface area contributed by atoms with Gasteiger partial charge in [-0.3, -0.25) is 9.59 Å². The summed E-state index contributed by atoms with van der Waals surface area (Å²) in [7, 11) is 0. The second kappa shape index (κ2) is 8.86. The van der Waals surface area contributed by atoms with Crippen LogP contribution in [0.25, 0.3) is 5.69 Å². The van der Waals surface area contributed by atoms with Gasteiger partial charge < -0.3 is 14.8 Å². The number of anilines is 1. The zero-order valence-corrected chi connectivity index (χ0v) is 15.9. The number of carbonyl (C=O) groups is 1. The molecule has 162 valence electrons. The summed E-state index contributed by atoms with van der Waals surface area (Å²) in [6.07, 6.45) is -5.87. The van der Waals surface area contributed by atoms with Gasteiger partial charge in [-0.05, 0) is 55.5 Å². The monoisotopic (exact) mass is 437 g/mol. The second-order valence-corrected chi connectivity index (χ2v) is 6.22. The molecule has 3 aromatic rings. The normalized spacial score (nSPS) is 12.2. The van der Waals surface area contributed by atoms with Gasteiger partial charge in [-0.25, -0.2) is 4.39 Å². The summed E-state index contributed by atoms with van der Waals surface area (Å²) in [5.41, 5.74) is 0.0339. The van der Waals surface area contributed by atoms with E-state index in [0.29, 0.717) is 5.69 Å². The molecular weight excluding hydrogens is 422 g/mol. The van der Waals surface area contributed by atoms with Crippen molar-refractivity contribution in [2.75, 3.05) is 5.32 Å². The minimum Gasteiger partial charge on any atom is -0.463 e. The Morgan fingerprint density at radius 2 is 1.68 bits per heavy atom. The maximum Gasteiger partial charge on any atom is 0.573 e. The van der Waals surface area contributed by atoms with Crippen LogP contribution >= 0.6 is 0 Å². The van der Waals surface area contributed by atoms with Gasteiger partial charge in [0.1, 0.15) is 11.6 Å². The second-order valence-electron chi connectivity index (χ2n) is 6.22. The number of hydrogen-bond donors (Lipinski definition) is 1. The predicted molar refractivity (Wildman–Crippen MR) is 102 cm³/mol. The minimum absolute atomic E-state index is 0.0412. The molecule has 1 amide bonds. The van der Waals surface area contributed by atoms with Crippen molar-refractivity contribution in [1.29, 1.82) is 0 Å². The minimum atomic E-state index is -4.81. The maximum atomic E-state index is 13.1. The molecule has 31 heavy (non-hydrogen) atoms. The Hall–Kier alpha value is -3.89. The summed E-state index contributed by atoms with van der Waals surface area (Å²) in [4.78, 5) is 24.3. The van der Waals surface area contributed by atoms with Crippen molar-refractivity contribution in [3.8, 4) is 17.3 Å². The Morgan fingerprint density at radius 3 is 2.29 bits per heavy atom. The Bertz CT molecular complexity index is 1110. The number of nitrogens with one attached hydrogen (secondary N) is 1. The van der Waals surface area contributed by atoms with Crippen molar-refractivity contribution in [3.63, 3.8) is 0 Å². The molecule has 7 nitrogen and oxygen atoms in total.